The van der Waals surface area contributed by atoms with E-state index in [0.717, 1.165) is 42.3 Å². The molecule has 0 unspecified atom stereocenters. The van der Waals surface area contributed by atoms with Gasteiger partial charge in [0.1, 0.15) is 6.33 Å². The van der Waals surface area contributed by atoms with Crippen molar-refractivity contribution < 1.29 is 23.9 Å². The summed E-state index contributed by atoms with van der Waals surface area (Å²) in [7, 11) is 0. The van der Waals surface area contributed by atoms with Crippen molar-refractivity contribution in [3.8, 4) is 23.0 Å². The third kappa shape index (κ3) is 4.38. The molecule has 12 heteroatoms. The number of benzene rings is 2. The maximum absolute atomic E-state index is 12.0. The van der Waals surface area contributed by atoms with E-state index >= 15 is 0 Å². The Kier molecular flexibility index (Phi) is 5.77. The highest BCUT2D eigenvalue weighted by molar-refractivity contribution is 5.70. The molecule has 0 spiro atoms. The molecule has 1 aromatic heterocycles. The summed E-state index contributed by atoms with van der Waals surface area (Å²) in [6, 6.07) is 11.5. The highest BCUT2D eigenvalue weighted by atomic mass is 16.7. The first-order valence-corrected chi connectivity index (χ1v) is 11.6. The lowest BCUT2D eigenvalue weighted by Crippen LogP contribution is -2.46. The number of fused-ring (bicyclic) bond motifs is 2. The molecule has 0 radical (unpaired) electrons. The highest BCUT2D eigenvalue weighted by Gasteiger charge is 2.29. The number of ether oxygens (including phenoxy) is 4. The van der Waals surface area contributed by atoms with E-state index in [1.807, 2.05) is 41.3 Å². The maximum Gasteiger partial charge on any atom is 0.353 e. The zero-order chi connectivity index (χ0) is 24.5. The van der Waals surface area contributed by atoms with Crippen LogP contribution in [0.25, 0.3) is 0 Å². The molecule has 1 saturated heterocycles. The number of anilines is 2. The molecule has 0 amide bonds. The van der Waals surface area contributed by atoms with Crippen molar-refractivity contribution in [1.29, 1.82) is 0 Å². The van der Waals surface area contributed by atoms with Gasteiger partial charge < -0.3 is 29.2 Å². The van der Waals surface area contributed by atoms with E-state index in [1.54, 1.807) is 0 Å². The van der Waals surface area contributed by atoms with E-state index < -0.39 is 4.92 Å². The maximum atomic E-state index is 12.0. The van der Waals surface area contributed by atoms with Crippen LogP contribution in [0.2, 0.25) is 0 Å². The Labute approximate surface area is 206 Å². The lowest BCUT2D eigenvalue weighted by molar-refractivity contribution is -0.383. The van der Waals surface area contributed by atoms with Gasteiger partial charge in [-0.25, -0.2) is 9.97 Å². The van der Waals surface area contributed by atoms with Gasteiger partial charge in [0, 0.05) is 39.3 Å². The SMILES string of the molecule is O=[N+]([O-])c1c(NCc2ccc3c(c2)OCO3)ncnc1N1CCN(Cc2ccc3c(c2)OCO3)CC1. The van der Waals surface area contributed by atoms with Crippen molar-refractivity contribution in [1.82, 2.24) is 14.9 Å². The van der Waals surface area contributed by atoms with Gasteiger partial charge in [0.05, 0.1) is 4.92 Å². The Morgan fingerprint density at radius 1 is 0.861 bits per heavy atom. The number of piperazine rings is 1. The van der Waals surface area contributed by atoms with Crippen LogP contribution in [0, 0.1) is 10.1 Å². The molecule has 12 nitrogen and oxygen atoms in total. The van der Waals surface area contributed by atoms with Gasteiger partial charge in [-0.3, -0.25) is 15.0 Å². The Bertz CT molecular complexity index is 1300. The van der Waals surface area contributed by atoms with E-state index in [2.05, 4.69) is 20.2 Å². The molecule has 3 aliphatic heterocycles. The Morgan fingerprint density at radius 3 is 2.19 bits per heavy atom. The zero-order valence-electron chi connectivity index (χ0n) is 19.4. The second kappa shape index (κ2) is 9.38. The first-order valence-electron chi connectivity index (χ1n) is 11.6. The van der Waals surface area contributed by atoms with Crippen LogP contribution in [0.3, 0.4) is 0 Å². The second-order valence-electron chi connectivity index (χ2n) is 8.64. The quantitative estimate of drug-likeness (QED) is 0.387. The molecule has 0 aliphatic carbocycles. The zero-order valence-corrected chi connectivity index (χ0v) is 19.4. The summed E-state index contributed by atoms with van der Waals surface area (Å²) in [6.07, 6.45) is 1.36. The molecule has 1 fully saturated rings. The van der Waals surface area contributed by atoms with E-state index in [0.29, 0.717) is 37.0 Å². The smallest absolute Gasteiger partial charge is 0.353 e. The fraction of sp³-hybridized carbons (Fsp3) is 0.333. The van der Waals surface area contributed by atoms with Crippen molar-refractivity contribution in [2.24, 2.45) is 0 Å². The molecular formula is C24H24N6O6. The van der Waals surface area contributed by atoms with Gasteiger partial charge in [0.2, 0.25) is 25.2 Å². The van der Waals surface area contributed by atoms with Crippen LogP contribution in [0.5, 0.6) is 23.0 Å². The summed E-state index contributed by atoms with van der Waals surface area (Å²) >= 11 is 0. The molecule has 1 N–H and O–H groups in total. The lowest BCUT2D eigenvalue weighted by Gasteiger charge is -2.35. The minimum atomic E-state index is -0.420. The van der Waals surface area contributed by atoms with Crippen LogP contribution >= 0.6 is 0 Å². The van der Waals surface area contributed by atoms with E-state index in [4.69, 9.17) is 18.9 Å². The number of nitrogens with zero attached hydrogens (tertiary/aromatic N) is 5. The lowest BCUT2D eigenvalue weighted by atomic mass is 10.1. The minimum absolute atomic E-state index is 0.123. The molecular weight excluding hydrogens is 468 g/mol. The Morgan fingerprint density at radius 2 is 1.50 bits per heavy atom. The molecule has 2 aromatic carbocycles. The number of nitrogens with one attached hydrogen (secondary N) is 1. The van der Waals surface area contributed by atoms with Crippen molar-refractivity contribution in [2.75, 3.05) is 50.0 Å². The fourth-order valence-corrected chi connectivity index (χ4v) is 4.55. The summed E-state index contributed by atoms with van der Waals surface area (Å²) in [6.45, 7) is 4.27. The molecule has 3 aromatic rings. The first kappa shape index (κ1) is 22.2. The molecule has 3 aliphatic rings. The average molecular weight is 492 g/mol. The van der Waals surface area contributed by atoms with Crippen molar-refractivity contribution in [3.05, 3.63) is 64.0 Å². The molecule has 4 heterocycles. The van der Waals surface area contributed by atoms with E-state index in [-0.39, 0.29) is 25.1 Å². The first-order chi connectivity index (χ1) is 17.6. The molecule has 0 saturated carbocycles. The number of hydrogen-bond acceptors (Lipinski definition) is 11. The second-order valence-corrected chi connectivity index (χ2v) is 8.64. The van der Waals surface area contributed by atoms with Crippen LogP contribution < -0.4 is 29.2 Å². The topological polar surface area (TPSA) is 124 Å². The Balaban J connectivity index is 1.12. The number of hydrogen-bond donors (Lipinski definition) is 1. The van der Waals surface area contributed by atoms with Gasteiger partial charge in [-0.1, -0.05) is 12.1 Å². The predicted octanol–water partition coefficient (Wildman–Crippen LogP) is 2.78. The summed E-state index contributed by atoms with van der Waals surface area (Å²) < 4.78 is 21.6. The normalized spacial score (nSPS) is 16.3. The Hall–Kier alpha value is -4.32. The molecule has 6 rings (SSSR count). The molecule has 186 valence electrons. The summed E-state index contributed by atoms with van der Waals surface area (Å²) in [5, 5.41) is 15.1. The predicted molar refractivity (Wildman–Crippen MR) is 129 cm³/mol. The van der Waals surface area contributed by atoms with Crippen LogP contribution in [0.15, 0.2) is 42.7 Å². The van der Waals surface area contributed by atoms with Gasteiger partial charge in [0.15, 0.2) is 23.0 Å². The van der Waals surface area contributed by atoms with Crippen molar-refractivity contribution >= 4 is 17.3 Å². The monoisotopic (exact) mass is 492 g/mol. The minimum Gasteiger partial charge on any atom is -0.454 e. The van der Waals surface area contributed by atoms with Gasteiger partial charge in [-0.05, 0) is 35.4 Å². The van der Waals surface area contributed by atoms with Crippen molar-refractivity contribution in [3.63, 3.8) is 0 Å². The average Bonchev–Trinajstić information content (AvgIpc) is 3.56. The van der Waals surface area contributed by atoms with Gasteiger partial charge in [-0.15, -0.1) is 0 Å². The fourth-order valence-electron chi connectivity index (χ4n) is 4.55. The summed E-state index contributed by atoms with van der Waals surface area (Å²) in [5.74, 6) is 3.39. The largest absolute Gasteiger partial charge is 0.454 e. The number of aromatic nitrogens is 2. The van der Waals surface area contributed by atoms with Crippen LogP contribution in [-0.4, -0.2) is 59.6 Å². The van der Waals surface area contributed by atoms with E-state index in [1.165, 1.54) is 6.33 Å². The number of rotatable bonds is 7. The van der Waals surface area contributed by atoms with Crippen LogP contribution in [0.1, 0.15) is 11.1 Å². The summed E-state index contributed by atoms with van der Waals surface area (Å²) in [4.78, 5) is 24.3. The standard InChI is InChI=1S/C24H24N6O6/c31-30(32)22-23(25-11-16-1-3-18-20(9-16)35-14-33-18)26-13-27-24(22)29-7-5-28(6-8-29)12-17-2-4-19-21(10-17)36-15-34-19/h1-4,9-10,13H,5-8,11-12,14-15H2,(H,25,26,27). The summed E-state index contributed by atoms with van der Waals surface area (Å²) in [5.41, 5.74) is 1.91. The van der Waals surface area contributed by atoms with Crippen molar-refractivity contribution in [2.45, 2.75) is 13.1 Å². The third-order valence-corrected chi connectivity index (χ3v) is 6.40. The molecule has 36 heavy (non-hydrogen) atoms. The van der Waals surface area contributed by atoms with Gasteiger partial charge in [-0.2, -0.15) is 0 Å². The third-order valence-electron chi connectivity index (χ3n) is 6.40. The van der Waals surface area contributed by atoms with Crippen LogP contribution in [-0.2, 0) is 13.1 Å². The highest BCUT2D eigenvalue weighted by Crippen LogP contribution is 2.35. The van der Waals surface area contributed by atoms with Crippen LogP contribution in [0.4, 0.5) is 17.3 Å². The van der Waals surface area contributed by atoms with Gasteiger partial charge in [0.25, 0.3) is 0 Å². The van der Waals surface area contributed by atoms with Gasteiger partial charge >= 0.3 is 5.69 Å². The molecule has 0 bridgehead atoms. The molecule has 0 atom stereocenters. The number of nitro groups is 1. The van der Waals surface area contributed by atoms with E-state index in [9.17, 15) is 10.1 Å².